The molecule has 0 aromatic carbocycles. The van der Waals surface area contributed by atoms with Crippen molar-refractivity contribution in [3.05, 3.63) is 0 Å². The molecule has 2 N–H and O–H groups in total. The minimum absolute atomic E-state index is 0.217. The van der Waals surface area contributed by atoms with Gasteiger partial charge in [-0.15, -0.1) is 0 Å². The summed E-state index contributed by atoms with van der Waals surface area (Å²) in [6, 6.07) is 0. The molecule has 88 valence electrons. The number of Topliss-reactive ketones (excluding diaryl/α,β-unsaturated/α-hetero) is 1. The Kier molecular flexibility index (Phi) is 3.59. The van der Waals surface area contributed by atoms with Crippen LogP contribution in [0.15, 0.2) is 0 Å². The highest BCUT2D eigenvalue weighted by molar-refractivity contribution is 5.89. The van der Waals surface area contributed by atoms with E-state index in [1.165, 1.54) is 0 Å². The average molecular weight is 211 g/mol. The van der Waals surface area contributed by atoms with Gasteiger partial charge in [-0.25, -0.2) is 0 Å². The molecule has 0 radical (unpaired) electrons. The maximum absolute atomic E-state index is 12.4. The molecule has 2 heteroatoms. The topological polar surface area (TPSA) is 43.1 Å². The monoisotopic (exact) mass is 211 g/mol. The van der Waals surface area contributed by atoms with Crippen LogP contribution in [0.4, 0.5) is 0 Å². The van der Waals surface area contributed by atoms with Gasteiger partial charge in [-0.2, -0.15) is 0 Å². The molecule has 0 heterocycles. The first kappa shape index (κ1) is 12.7. The Balaban J connectivity index is 2.82. The molecule has 1 fully saturated rings. The van der Waals surface area contributed by atoms with Gasteiger partial charge in [0.05, 0.1) is 0 Å². The van der Waals surface area contributed by atoms with Gasteiger partial charge in [0.2, 0.25) is 0 Å². The molecule has 0 unspecified atom stereocenters. The molecule has 0 saturated heterocycles. The molecule has 1 aliphatic carbocycles. The highest BCUT2D eigenvalue weighted by atomic mass is 16.1. The Morgan fingerprint density at radius 1 is 1.33 bits per heavy atom. The van der Waals surface area contributed by atoms with Crippen molar-refractivity contribution < 1.29 is 4.79 Å². The van der Waals surface area contributed by atoms with E-state index >= 15 is 0 Å². The van der Waals surface area contributed by atoms with Gasteiger partial charge in [-0.3, -0.25) is 4.79 Å². The lowest BCUT2D eigenvalue weighted by Gasteiger charge is -2.41. The molecule has 0 aliphatic heterocycles. The van der Waals surface area contributed by atoms with Crippen LogP contribution >= 0.6 is 0 Å². The minimum Gasteiger partial charge on any atom is -0.329 e. The molecule has 0 aromatic rings. The summed E-state index contributed by atoms with van der Waals surface area (Å²) in [5, 5.41) is 0. The molecule has 1 aliphatic rings. The van der Waals surface area contributed by atoms with E-state index < -0.39 is 0 Å². The summed E-state index contributed by atoms with van der Waals surface area (Å²) in [5.41, 5.74) is 5.39. The summed E-state index contributed by atoms with van der Waals surface area (Å²) < 4.78 is 0. The maximum Gasteiger partial charge on any atom is 0.145 e. The fraction of sp³-hybridized carbons (Fsp3) is 0.923. The first-order valence-electron chi connectivity index (χ1n) is 6.07. The highest BCUT2D eigenvalue weighted by Crippen LogP contribution is 2.42. The van der Waals surface area contributed by atoms with Crippen LogP contribution in [0.3, 0.4) is 0 Å². The van der Waals surface area contributed by atoms with E-state index in [2.05, 4.69) is 6.92 Å². The van der Waals surface area contributed by atoms with Gasteiger partial charge >= 0.3 is 0 Å². The largest absolute Gasteiger partial charge is 0.329 e. The first-order chi connectivity index (χ1) is 6.82. The van der Waals surface area contributed by atoms with Crippen LogP contribution in [0.5, 0.6) is 0 Å². The second-order valence-electron chi connectivity index (χ2n) is 6.25. The van der Waals surface area contributed by atoms with E-state index in [9.17, 15) is 4.79 Å². The molecular weight excluding hydrogens is 186 g/mol. The predicted molar refractivity (Wildman–Crippen MR) is 63.6 cm³/mol. The van der Waals surface area contributed by atoms with E-state index in [1.807, 2.05) is 20.8 Å². The van der Waals surface area contributed by atoms with Crippen molar-refractivity contribution in [3.8, 4) is 0 Å². The van der Waals surface area contributed by atoms with Crippen molar-refractivity contribution in [1.82, 2.24) is 0 Å². The van der Waals surface area contributed by atoms with E-state index in [4.69, 9.17) is 5.73 Å². The zero-order valence-electron chi connectivity index (χ0n) is 10.6. The third-order valence-electron chi connectivity index (χ3n) is 3.78. The van der Waals surface area contributed by atoms with Crippen LogP contribution in [-0.4, -0.2) is 12.3 Å². The molecular formula is C13H25NO. The Morgan fingerprint density at radius 2 is 1.80 bits per heavy atom. The average Bonchev–Trinajstić information content (AvgIpc) is 2.17. The fourth-order valence-corrected chi connectivity index (χ4v) is 2.63. The van der Waals surface area contributed by atoms with E-state index in [-0.39, 0.29) is 10.8 Å². The number of hydrogen-bond acceptors (Lipinski definition) is 2. The third kappa shape index (κ3) is 2.60. The van der Waals surface area contributed by atoms with Gasteiger partial charge < -0.3 is 5.73 Å². The molecule has 0 bridgehead atoms. The van der Waals surface area contributed by atoms with Crippen molar-refractivity contribution in [2.45, 2.75) is 53.4 Å². The molecule has 0 spiro atoms. The first-order valence-corrected chi connectivity index (χ1v) is 6.07. The lowest BCUT2D eigenvalue weighted by atomic mass is 9.63. The maximum atomic E-state index is 12.4. The van der Waals surface area contributed by atoms with Crippen molar-refractivity contribution in [2.24, 2.45) is 22.5 Å². The number of hydrogen-bond donors (Lipinski definition) is 1. The van der Waals surface area contributed by atoms with Gasteiger partial charge in [0.25, 0.3) is 0 Å². The van der Waals surface area contributed by atoms with Crippen LogP contribution in [0, 0.1) is 16.7 Å². The second-order valence-corrected chi connectivity index (χ2v) is 6.25. The van der Waals surface area contributed by atoms with Crippen molar-refractivity contribution in [2.75, 3.05) is 6.54 Å². The standard InChI is InChI=1S/C13H25NO/c1-10-5-7-13(9-14,8-6-10)11(15)12(2,3)4/h10H,5-9,14H2,1-4H3. The normalized spacial score (nSPS) is 32.7. The van der Waals surface area contributed by atoms with E-state index in [1.54, 1.807) is 0 Å². The van der Waals surface area contributed by atoms with Gasteiger partial charge in [-0.05, 0) is 31.6 Å². The Morgan fingerprint density at radius 3 is 2.13 bits per heavy atom. The zero-order valence-corrected chi connectivity index (χ0v) is 10.6. The molecule has 0 amide bonds. The Hall–Kier alpha value is -0.370. The number of carbonyl (C=O) groups excluding carboxylic acids is 1. The number of nitrogens with two attached hydrogens (primary N) is 1. The summed E-state index contributed by atoms with van der Waals surface area (Å²) in [6.45, 7) is 8.80. The van der Waals surface area contributed by atoms with Crippen LogP contribution in [0.2, 0.25) is 0 Å². The summed E-state index contributed by atoms with van der Waals surface area (Å²) in [4.78, 5) is 12.4. The van der Waals surface area contributed by atoms with E-state index in [0.29, 0.717) is 12.3 Å². The number of carbonyl (C=O) groups is 1. The molecule has 0 atom stereocenters. The van der Waals surface area contributed by atoms with Crippen LogP contribution in [0.25, 0.3) is 0 Å². The molecule has 2 nitrogen and oxygen atoms in total. The lowest BCUT2D eigenvalue weighted by Crippen LogP contribution is -2.46. The quantitative estimate of drug-likeness (QED) is 0.763. The van der Waals surface area contributed by atoms with E-state index in [0.717, 1.165) is 31.6 Å². The lowest BCUT2D eigenvalue weighted by molar-refractivity contribution is -0.138. The molecule has 1 saturated carbocycles. The molecule has 0 aromatic heterocycles. The predicted octanol–water partition coefficient (Wildman–Crippen LogP) is 2.76. The van der Waals surface area contributed by atoms with Crippen molar-refractivity contribution >= 4 is 5.78 Å². The minimum atomic E-state index is -0.250. The Bertz CT molecular complexity index is 231. The smallest absolute Gasteiger partial charge is 0.145 e. The van der Waals surface area contributed by atoms with Gasteiger partial charge in [-0.1, -0.05) is 27.7 Å². The number of ketones is 1. The Labute approximate surface area is 93.6 Å². The van der Waals surface area contributed by atoms with Gasteiger partial charge in [0.1, 0.15) is 5.78 Å². The van der Waals surface area contributed by atoms with Gasteiger partial charge in [0, 0.05) is 17.4 Å². The van der Waals surface area contributed by atoms with Crippen LogP contribution in [0.1, 0.15) is 53.4 Å². The van der Waals surface area contributed by atoms with Crippen LogP contribution in [-0.2, 0) is 4.79 Å². The highest BCUT2D eigenvalue weighted by Gasteiger charge is 2.44. The summed E-state index contributed by atoms with van der Waals surface area (Å²) in [6.07, 6.45) is 4.28. The summed E-state index contributed by atoms with van der Waals surface area (Å²) >= 11 is 0. The summed E-state index contributed by atoms with van der Waals surface area (Å²) in [7, 11) is 0. The fourth-order valence-electron chi connectivity index (χ4n) is 2.63. The van der Waals surface area contributed by atoms with Gasteiger partial charge in [0.15, 0.2) is 0 Å². The van der Waals surface area contributed by atoms with Crippen molar-refractivity contribution in [3.63, 3.8) is 0 Å². The zero-order chi connectivity index (χ0) is 11.7. The SMILES string of the molecule is CC1CCC(CN)(C(=O)C(C)(C)C)CC1. The summed E-state index contributed by atoms with van der Waals surface area (Å²) in [5.74, 6) is 1.13. The third-order valence-corrected chi connectivity index (χ3v) is 3.78. The molecule has 1 rings (SSSR count). The van der Waals surface area contributed by atoms with Crippen molar-refractivity contribution in [1.29, 1.82) is 0 Å². The number of rotatable bonds is 2. The second kappa shape index (κ2) is 4.25. The van der Waals surface area contributed by atoms with Crippen LogP contribution < -0.4 is 5.73 Å². The molecule has 15 heavy (non-hydrogen) atoms.